The summed E-state index contributed by atoms with van der Waals surface area (Å²) in [6.07, 6.45) is 2.09. The molecular weight excluding hydrogens is 278 g/mol. The molecule has 0 radical (unpaired) electrons. The number of nitro groups is 1. The van der Waals surface area contributed by atoms with Crippen molar-refractivity contribution in [2.24, 2.45) is 0 Å². The number of rotatable bonds is 3. The van der Waals surface area contributed by atoms with E-state index < -0.39 is 4.92 Å². The molecule has 1 saturated heterocycles. The van der Waals surface area contributed by atoms with Crippen molar-refractivity contribution in [3.05, 3.63) is 27.8 Å². The minimum absolute atomic E-state index is 0.0304. The summed E-state index contributed by atoms with van der Waals surface area (Å²) in [6, 6.07) is 3.57. The first-order valence-corrected chi connectivity index (χ1v) is 7.74. The second-order valence-electron chi connectivity index (χ2n) is 5.04. The minimum Gasteiger partial charge on any atom is -0.376 e. The first-order chi connectivity index (χ1) is 9.63. The third kappa shape index (κ3) is 2.58. The smallest absolute Gasteiger partial charge is 0.294 e. The molecule has 1 aromatic carbocycles. The van der Waals surface area contributed by atoms with E-state index in [1.807, 2.05) is 17.8 Å². The van der Waals surface area contributed by atoms with Crippen molar-refractivity contribution in [1.82, 2.24) is 0 Å². The Morgan fingerprint density at radius 3 is 2.95 bits per heavy atom. The van der Waals surface area contributed by atoms with Gasteiger partial charge in [-0.2, -0.15) is 11.8 Å². The number of benzene rings is 1. The van der Waals surface area contributed by atoms with Crippen molar-refractivity contribution in [2.75, 3.05) is 22.1 Å². The van der Waals surface area contributed by atoms with Gasteiger partial charge in [-0.15, -0.1) is 0 Å². The number of hydrogen-bond acceptors (Lipinski definition) is 5. The Hall–Kier alpha value is -1.76. The van der Waals surface area contributed by atoms with Crippen LogP contribution in [0.4, 0.5) is 17.1 Å². The normalized spacial score (nSPS) is 21.2. The molecule has 0 saturated carbocycles. The van der Waals surface area contributed by atoms with Gasteiger partial charge in [-0.3, -0.25) is 14.9 Å². The fourth-order valence-corrected chi connectivity index (χ4v) is 3.70. The fourth-order valence-electron chi connectivity index (χ4n) is 2.55. The van der Waals surface area contributed by atoms with Gasteiger partial charge in [-0.05, 0) is 30.2 Å². The largest absolute Gasteiger partial charge is 0.376 e. The van der Waals surface area contributed by atoms with E-state index in [9.17, 15) is 14.9 Å². The number of hydrogen-bond donors (Lipinski definition) is 2. The Kier molecular flexibility index (Phi) is 3.52. The Morgan fingerprint density at radius 1 is 1.40 bits per heavy atom. The number of carbonyl (C=O) groups excluding carboxylic acids is 1. The van der Waals surface area contributed by atoms with Gasteiger partial charge in [0.15, 0.2) is 0 Å². The predicted octanol–water partition coefficient (Wildman–Crippen LogP) is 2.40. The van der Waals surface area contributed by atoms with E-state index in [1.165, 1.54) is 6.07 Å². The highest BCUT2D eigenvalue weighted by Gasteiger charge is 2.25. The van der Waals surface area contributed by atoms with Gasteiger partial charge in [0.25, 0.3) is 5.69 Å². The molecule has 1 aromatic rings. The second-order valence-corrected chi connectivity index (χ2v) is 6.19. The van der Waals surface area contributed by atoms with Crippen molar-refractivity contribution in [1.29, 1.82) is 0 Å². The van der Waals surface area contributed by atoms with Crippen LogP contribution in [0.2, 0.25) is 0 Å². The summed E-state index contributed by atoms with van der Waals surface area (Å²) >= 11 is 1.86. The lowest BCUT2D eigenvalue weighted by atomic mass is 10.0. The van der Waals surface area contributed by atoms with E-state index in [1.54, 1.807) is 0 Å². The van der Waals surface area contributed by atoms with Gasteiger partial charge < -0.3 is 10.6 Å². The number of nitrogens with one attached hydrogen (secondary N) is 2. The number of nitro benzene ring substituents is 1. The summed E-state index contributed by atoms with van der Waals surface area (Å²) in [5.74, 6) is 1.98. The third-order valence-corrected chi connectivity index (χ3v) is 4.77. The van der Waals surface area contributed by atoms with Gasteiger partial charge in [-0.1, -0.05) is 0 Å². The van der Waals surface area contributed by atoms with Crippen LogP contribution in [0.5, 0.6) is 0 Å². The molecule has 7 heteroatoms. The van der Waals surface area contributed by atoms with Crippen LogP contribution >= 0.6 is 11.8 Å². The van der Waals surface area contributed by atoms with Gasteiger partial charge in [0.2, 0.25) is 5.91 Å². The average Bonchev–Trinajstić information content (AvgIpc) is 2.91. The molecule has 1 unspecified atom stereocenters. The lowest BCUT2D eigenvalue weighted by Crippen LogP contribution is -2.22. The molecular formula is C13H15N3O3S. The summed E-state index contributed by atoms with van der Waals surface area (Å²) in [6.45, 7) is 0. The van der Waals surface area contributed by atoms with E-state index in [-0.39, 0.29) is 17.6 Å². The molecule has 1 atom stereocenters. The molecule has 2 aliphatic heterocycles. The summed E-state index contributed by atoms with van der Waals surface area (Å²) in [7, 11) is 0. The van der Waals surface area contributed by atoms with Gasteiger partial charge in [0.1, 0.15) is 5.69 Å². The molecule has 0 bridgehead atoms. The van der Waals surface area contributed by atoms with Crippen molar-refractivity contribution in [3.63, 3.8) is 0 Å². The number of carbonyl (C=O) groups is 1. The van der Waals surface area contributed by atoms with Crippen LogP contribution in [0, 0.1) is 10.1 Å². The average molecular weight is 293 g/mol. The number of thioether (sulfide) groups is 1. The molecule has 6 nitrogen and oxygen atoms in total. The Morgan fingerprint density at radius 2 is 2.25 bits per heavy atom. The summed E-state index contributed by atoms with van der Waals surface area (Å²) in [4.78, 5) is 22.2. The number of anilines is 2. The standard InChI is InChI=1S/C13H15N3O3S/c17-13-2-1-8-5-11(14-9-3-4-20-7-9)12(16(18)19)6-10(8)15-13/h5-6,9,14H,1-4,7H2,(H,15,17). The van der Waals surface area contributed by atoms with Crippen molar-refractivity contribution >= 4 is 34.7 Å². The Labute approximate surface area is 120 Å². The Bertz CT molecular complexity index is 570. The van der Waals surface area contributed by atoms with Gasteiger partial charge in [0.05, 0.1) is 10.6 Å². The van der Waals surface area contributed by atoms with Crippen LogP contribution < -0.4 is 10.6 Å². The quantitative estimate of drug-likeness (QED) is 0.660. The van der Waals surface area contributed by atoms with Crippen LogP contribution in [-0.4, -0.2) is 28.4 Å². The zero-order valence-electron chi connectivity index (χ0n) is 10.8. The van der Waals surface area contributed by atoms with Gasteiger partial charge in [0, 0.05) is 24.3 Å². The van der Waals surface area contributed by atoms with Crippen molar-refractivity contribution < 1.29 is 9.72 Å². The summed E-state index contributed by atoms with van der Waals surface area (Å²) < 4.78 is 0. The molecule has 2 N–H and O–H groups in total. The summed E-state index contributed by atoms with van der Waals surface area (Å²) in [5, 5.41) is 17.2. The molecule has 0 aromatic heterocycles. The molecule has 2 aliphatic rings. The molecule has 1 amide bonds. The number of amides is 1. The van der Waals surface area contributed by atoms with E-state index >= 15 is 0 Å². The van der Waals surface area contributed by atoms with E-state index in [0.29, 0.717) is 24.2 Å². The highest BCUT2D eigenvalue weighted by atomic mass is 32.2. The van der Waals surface area contributed by atoms with Crippen LogP contribution in [0.25, 0.3) is 0 Å². The van der Waals surface area contributed by atoms with E-state index in [2.05, 4.69) is 10.6 Å². The monoisotopic (exact) mass is 293 g/mol. The first kappa shape index (κ1) is 13.2. The molecule has 106 valence electrons. The lowest BCUT2D eigenvalue weighted by Gasteiger charge is -2.19. The SMILES string of the molecule is O=C1CCc2cc(NC3CCSC3)c([N+](=O)[O-])cc2N1. The maximum Gasteiger partial charge on any atom is 0.294 e. The maximum atomic E-state index is 11.4. The highest BCUT2D eigenvalue weighted by molar-refractivity contribution is 7.99. The van der Waals surface area contributed by atoms with Gasteiger partial charge >= 0.3 is 0 Å². The number of fused-ring (bicyclic) bond motifs is 1. The zero-order chi connectivity index (χ0) is 14.1. The van der Waals surface area contributed by atoms with Crippen LogP contribution in [0.3, 0.4) is 0 Å². The third-order valence-electron chi connectivity index (χ3n) is 3.60. The van der Waals surface area contributed by atoms with Crippen LogP contribution in [0.15, 0.2) is 12.1 Å². The topological polar surface area (TPSA) is 84.3 Å². The molecule has 20 heavy (non-hydrogen) atoms. The highest BCUT2D eigenvalue weighted by Crippen LogP contribution is 2.35. The van der Waals surface area contributed by atoms with Crippen LogP contribution in [-0.2, 0) is 11.2 Å². The van der Waals surface area contributed by atoms with E-state index in [0.717, 1.165) is 23.5 Å². The predicted molar refractivity (Wildman–Crippen MR) is 79.4 cm³/mol. The minimum atomic E-state index is -0.397. The molecule has 0 spiro atoms. The summed E-state index contributed by atoms with van der Waals surface area (Å²) in [5.41, 5.74) is 2.13. The lowest BCUT2D eigenvalue weighted by molar-refractivity contribution is -0.383. The molecule has 2 heterocycles. The second kappa shape index (κ2) is 5.32. The molecule has 0 aliphatic carbocycles. The number of aryl methyl sites for hydroxylation is 1. The maximum absolute atomic E-state index is 11.4. The zero-order valence-corrected chi connectivity index (χ0v) is 11.7. The molecule has 3 rings (SSSR count). The van der Waals surface area contributed by atoms with E-state index in [4.69, 9.17) is 0 Å². The number of nitrogens with zero attached hydrogens (tertiary/aromatic N) is 1. The van der Waals surface area contributed by atoms with Crippen molar-refractivity contribution in [3.8, 4) is 0 Å². The first-order valence-electron chi connectivity index (χ1n) is 6.59. The van der Waals surface area contributed by atoms with Crippen molar-refractivity contribution in [2.45, 2.75) is 25.3 Å². The van der Waals surface area contributed by atoms with Crippen LogP contribution in [0.1, 0.15) is 18.4 Å². The fraction of sp³-hybridized carbons (Fsp3) is 0.462. The van der Waals surface area contributed by atoms with Gasteiger partial charge in [-0.25, -0.2) is 0 Å². The Balaban J connectivity index is 1.94. The molecule has 1 fully saturated rings.